The summed E-state index contributed by atoms with van der Waals surface area (Å²) in [6, 6.07) is 26.2. The van der Waals surface area contributed by atoms with Gasteiger partial charge in [0.15, 0.2) is 0 Å². The molecule has 0 saturated heterocycles. The van der Waals surface area contributed by atoms with Gasteiger partial charge in [0.25, 0.3) is 0 Å². The lowest BCUT2D eigenvalue weighted by molar-refractivity contribution is 0.373. The maximum atomic E-state index is 13.2. The van der Waals surface area contributed by atoms with E-state index in [0.717, 1.165) is 15.6 Å². The number of hydrogen-bond donors (Lipinski definition) is 0. The molecule has 0 N–H and O–H groups in total. The number of halogens is 1. The van der Waals surface area contributed by atoms with Crippen molar-refractivity contribution in [3.63, 3.8) is 0 Å². The molecule has 0 aliphatic carbocycles. The molecular weight excluding hydrogens is 410 g/mol. The molecular formula is C21H20BrNO2S. The molecule has 3 aromatic carbocycles. The Morgan fingerprint density at radius 2 is 1.38 bits per heavy atom. The van der Waals surface area contributed by atoms with Gasteiger partial charge in [0, 0.05) is 11.5 Å². The third-order valence-corrected chi connectivity index (χ3v) is 6.80. The van der Waals surface area contributed by atoms with E-state index in [9.17, 15) is 8.42 Å². The van der Waals surface area contributed by atoms with E-state index in [1.165, 1.54) is 4.31 Å². The number of nitrogens with zero attached hydrogens (tertiary/aromatic N) is 1. The second-order valence-corrected chi connectivity index (χ2v) is 9.00. The second-order valence-electron chi connectivity index (χ2n) is 6.09. The summed E-state index contributed by atoms with van der Waals surface area (Å²) in [5.41, 5.74) is 2.07. The summed E-state index contributed by atoms with van der Waals surface area (Å²) in [7, 11) is -1.96. The fraction of sp³-hybridized carbons (Fsp3) is 0.143. The molecule has 0 bridgehead atoms. The Hall–Kier alpha value is -1.95. The van der Waals surface area contributed by atoms with Crippen molar-refractivity contribution in [2.24, 2.45) is 0 Å². The van der Waals surface area contributed by atoms with Crippen LogP contribution >= 0.6 is 15.9 Å². The van der Waals surface area contributed by atoms with Crippen molar-refractivity contribution >= 4 is 26.0 Å². The number of benzene rings is 3. The Morgan fingerprint density at radius 3 is 1.96 bits per heavy atom. The molecule has 3 rings (SSSR count). The van der Waals surface area contributed by atoms with Crippen LogP contribution in [0.2, 0.25) is 0 Å². The van der Waals surface area contributed by atoms with Gasteiger partial charge >= 0.3 is 0 Å². The van der Waals surface area contributed by atoms with Crippen LogP contribution in [0.4, 0.5) is 0 Å². The lowest BCUT2D eigenvalue weighted by Gasteiger charge is -2.28. The summed E-state index contributed by atoms with van der Waals surface area (Å²) >= 11 is 3.35. The molecule has 0 fully saturated rings. The first-order valence-corrected chi connectivity index (χ1v) is 10.5. The number of sulfonamides is 1. The minimum atomic E-state index is -3.61. The zero-order valence-corrected chi connectivity index (χ0v) is 16.8. The van der Waals surface area contributed by atoms with Crippen LogP contribution in [0.3, 0.4) is 0 Å². The van der Waals surface area contributed by atoms with Crippen LogP contribution in [0.15, 0.2) is 94.3 Å². The Morgan fingerprint density at radius 1 is 0.846 bits per heavy atom. The highest BCUT2D eigenvalue weighted by Gasteiger charge is 2.29. The molecule has 0 radical (unpaired) electrons. The summed E-state index contributed by atoms with van der Waals surface area (Å²) in [6.07, 6.45) is 0.608. The largest absolute Gasteiger partial charge is 0.243 e. The first-order valence-electron chi connectivity index (χ1n) is 8.31. The molecule has 0 aliphatic heterocycles. The number of likely N-dealkylation sites (N-methyl/N-ethyl adjacent to an activating group) is 1. The SMILES string of the molecule is CN(C(Cc1ccccc1)c1ccccc1)S(=O)(=O)c1ccc(Br)cc1. The maximum absolute atomic E-state index is 13.2. The molecule has 26 heavy (non-hydrogen) atoms. The van der Waals surface area contributed by atoms with Gasteiger partial charge in [-0.05, 0) is 41.8 Å². The Bertz CT molecular complexity index is 942. The predicted molar refractivity (Wildman–Crippen MR) is 108 cm³/mol. The Kier molecular flexibility index (Phi) is 5.91. The van der Waals surface area contributed by atoms with Gasteiger partial charge in [0.05, 0.1) is 10.9 Å². The molecule has 3 aromatic rings. The summed E-state index contributed by atoms with van der Waals surface area (Å²) < 4.78 is 28.6. The quantitative estimate of drug-likeness (QED) is 0.549. The summed E-state index contributed by atoms with van der Waals surface area (Å²) in [5.74, 6) is 0. The van der Waals surface area contributed by atoms with E-state index in [1.54, 1.807) is 31.3 Å². The van der Waals surface area contributed by atoms with Crippen LogP contribution in [0.1, 0.15) is 17.2 Å². The zero-order chi connectivity index (χ0) is 18.6. The van der Waals surface area contributed by atoms with Gasteiger partial charge in [-0.15, -0.1) is 0 Å². The summed E-state index contributed by atoms with van der Waals surface area (Å²) in [5, 5.41) is 0. The maximum Gasteiger partial charge on any atom is 0.243 e. The van der Waals surface area contributed by atoms with Gasteiger partial charge in [-0.3, -0.25) is 0 Å². The van der Waals surface area contributed by atoms with Crippen molar-refractivity contribution < 1.29 is 8.42 Å². The van der Waals surface area contributed by atoms with Crippen LogP contribution < -0.4 is 0 Å². The first-order chi connectivity index (χ1) is 12.5. The van der Waals surface area contributed by atoms with E-state index in [2.05, 4.69) is 15.9 Å². The van der Waals surface area contributed by atoms with E-state index < -0.39 is 10.0 Å². The molecule has 1 unspecified atom stereocenters. The van der Waals surface area contributed by atoms with E-state index in [1.807, 2.05) is 60.7 Å². The molecule has 0 spiro atoms. The molecule has 1 atom stereocenters. The van der Waals surface area contributed by atoms with Crippen molar-refractivity contribution in [1.29, 1.82) is 0 Å². The van der Waals surface area contributed by atoms with Gasteiger partial charge in [0.2, 0.25) is 10.0 Å². The zero-order valence-electron chi connectivity index (χ0n) is 14.4. The average molecular weight is 430 g/mol. The fourth-order valence-electron chi connectivity index (χ4n) is 2.91. The predicted octanol–water partition coefficient (Wildman–Crippen LogP) is 5.05. The van der Waals surface area contributed by atoms with Gasteiger partial charge in [-0.1, -0.05) is 76.6 Å². The highest BCUT2D eigenvalue weighted by Crippen LogP contribution is 2.29. The van der Waals surface area contributed by atoms with Crippen LogP contribution in [-0.2, 0) is 16.4 Å². The third-order valence-electron chi connectivity index (χ3n) is 4.39. The summed E-state index contributed by atoms with van der Waals surface area (Å²) in [6.45, 7) is 0. The molecule has 0 heterocycles. The van der Waals surface area contributed by atoms with Crippen molar-refractivity contribution in [3.8, 4) is 0 Å². The van der Waals surface area contributed by atoms with E-state index in [4.69, 9.17) is 0 Å². The van der Waals surface area contributed by atoms with Crippen molar-refractivity contribution in [3.05, 3.63) is 101 Å². The highest BCUT2D eigenvalue weighted by molar-refractivity contribution is 9.10. The van der Waals surface area contributed by atoms with Gasteiger partial charge < -0.3 is 0 Å². The third kappa shape index (κ3) is 4.23. The minimum absolute atomic E-state index is 0.285. The molecule has 0 saturated carbocycles. The van der Waals surface area contributed by atoms with Gasteiger partial charge in [0.1, 0.15) is 0 Å². The monoisotopic (exact) mass is 429 g/mol. The van der Waals surface area contributed by atoms with E-state index in [-0.39, 0.29) is 10.9 Å². The van der Waals surface area contributed by atoms with Crippen molar-refractivity contribution in [2.45, 2.75) is 17.4 Å². The molecule has 3 nitrogen and oxygen atoms in total. The normalized spacial score (nSPS) is 12.9. The van der Waals surface area contributed by atoms with Gasteiger partial charge in [-0.2, -0.15) is 4.31 Å². The molecule has 5 heteroatoms. The van der Waals surface area contributed by atoms with E-state index in [0.29, 0.717) is 6.42 Å². The molecule has 134 valence electrons. The van der Waals surface area contributed by atoms with Gasteiger partial charge in [-0.25, -0.2) is 8.42 Å². The second kappa shape index (κ2) is 8.16. The standard InChI is InChI=1S/C21H20BrNO2S/c1-23(26(24,25)20-14-12-19(22)13-15-20)21(18-10-6-3-7-11-18)16-17-8-4-2-5-9-17/h2-15,21H,16H2,1H3. The molecule has 0 amide bonds. The Balaban J connectivity index is 1.99. The molecule has 0 aromatic heterocycles. The van der Waals surface area contributed by atoms with Crippen molar-refractivity contribution in [1.82, 2.24) is 4.31 Å². The average Bonchev–Trinajstić information content (AvgIpc) is 2.67. The van der Waals surface area contributed by atoms with Crippen LogP contribution in [0, 0.1) is 0 Å². The topological polar surface area (TPSA) is 37.4 Å². The molecule has 0 aliphatic rings. The lowest BCUT2D eigenvalue weighted by atomic mass is 9.99. The first kappa shape index (κ1) is 18.8. The minimum Gasteiger partial charge on any atom is -0.207 e. The smallest absolute Gasteiger partial charge is 0.207 e. The van der Waals surface area contributed by atoms with Crippen LogP contribution in [0.25, 0.3) is 0 Å². The van der Waals surface area contributed by atoms with E-state index >= 15 is 0 Å². The number of hydrogen-bond acceptors (Lipinski definition) is 2. The van der Waals surface area contributed by atoms with Crippen LogP contribution in [0.5, 0.6) is 0 Å². The summed E-state index contributed by atoms with van der Waals surface area (Å²) in [4.78, 5) is 0.289. The lowest BCUT2D eigenvalue weighted by Crippen LogP contribution is -2.32. The highest BCUT2D eigenvalue weighted by atomic mass is 79.9. The number of rotatable bonds is 6. The van der Waals surface area contributed by atoms with Crippen molar-refractivity contribution in [2.75, 3.05) is 7.05 Å². The fourth-order valence-corrected chi connectivity index (χ4v) is 4.52. The van der Waals surface area contributed by atoms with Crippen LogP contribution in [-0.4, -0.2) is 19.8 Å². The Labute approximate surface area is 163 Å².